The van der Waals surface area contributed by atoms with E-state index in [1.807, 2.05) is 20.8 Å². The number of anilines is 2. The highest BCUT2D eigenvalue weighted by Crippen LogP contribution is 2.72. The van der Waals surface area contributed by atoms with Crippen LogP contribution in [0.3, 0.4) is 0 Å². The fraction of sp³-hybridized carbons (Fsp3) is 0.436. The van der Waals surface area contributed by atoms with Crippen LogP contribution in [0, 0.1) is 29.3 Å². The molecule has 11 aromatic rings. The number of nitrogens with two attached hydrogens (primary N) is 1. The van der Waals surface area contributed by atoms with Crippen LogP contribution < -0.4 is 16.4 Å². The van der Waals surface area contributed by atoms with Crippen LogP contribution in [0.1, 0.15) is 129 Å². The smallest absolute Gasteiger partial charge is 0.340 e. The molecule has 12 heterocycles. The highest BCUT2D eigenvalue weighted by atomic mass is 79.9. The van der Waals surface area contributed by atoms with E-state index in [0.717, 1.165) is 18.2 Å². The molecule has 4 aliphatic rings. The first-order valence-corrected chi connectivity index (χ1v) is 53.8. The predicted octanol–water partition coefficient (Wildman–Crippen LogP) is 18.5. The number of esters is 2. The quantitative estimate of drug-likeness (QED) is 0.00985. The molecule has 0 aliphatic carbocycles. The maximum absolute atomic E-state index is 14.2. The number of carbonyl (C=O) groups is 2. The van der Waals surface area contributed by atoms with E-state index in [1.165, 1.54) is 47.4 Å². The minimum absolute atomic E-state index is 0.00502. The Balaban J connectivity index is 0.000000184. The number of alkyl halides is 1. The average molecular weight is 2190 g/mol. The van der Waals surface area contributed by atoms with Gasteiger partial charge in [0.05, 0.1) is 59.1 Å². The van der Waals surface area contributed by atoms with Gasteiger partial charge in [-0.2, -0.15) is 19.9 Å². The van der Waals surface area contributed by atoms with Gasteiger partial charge in [0.15, 0.2) is 30.7 Å². The lowest BCUT2D eigenvalue weighted by Gasteiger charge is -2.22. The van der Waals surface area contributed by atoms with Gasteiger partial charge in [-0.05, 0) is 167 Å². The Morgan fingerprint density at radius 2 is 0.909 bits per heavy atom. The number of H-pyrrole nitrogens is 1. The molecule has 2 unspecified atom stereocenters. The van der Waals surface area contributed by atoms with Crippen molar-refractivity contribution in [2.75, 3.05) is 35.7 Å². The summed E-state index contributed by atoms with van der Waals surface area (Å²) in [5.74, 6) is -9.25. The Kier molecular flexibility index (Phi) is 40.1. The monoisotopic (exact) mass is 2180 g/mol. The Bertz CT molecular complexity index is 5990. The van der Waals surface area contributed by atoms with Crippen molar-refractivity contribution in [1.29, 1.82) is 0 Å². The predicted molar refractivity (Wildman–Crippen MR) is 499 cm³/mol. The summed E-state index contributed by atoms with van der Waals surface area (Å²) in [6.07, 6.45) is -2.45. The van der Waals surface area contributed by atoms with Gasteiger partial charge in [0.1, 0.15) is 116 Å². The molecule has 15 rings (SSSR count). The maximum atomic E-state index is 14.2. The average Bonchev–Trinajstić information content (AvgIpc) is 1.62. The molecule has 4 saturated heterocycles. The van der Waals surface area contributed by atoms with Crippen LogP contribution in [0.4, 0.5) is 24.8 Å². The van der Waals surface area contributed by atoms with E-state index < -0.39 is 131 Å². The number of fused-ring (bicyclic) bond motifs is 4. The maximum Gasteiger partial charge on any atom is 0.340 e. The normalized spacial score (nSPS) is 24.0. The van der Waals surface area contributed by atoms with Crippen LogP contribution in [-0.4, -0.2) is 202 Å². The number of aliphatic hydroxyl groups excluding tert-OH is 5. The van der Waals surface area contributed by atoms with Crippen LogP contribution in [-0.2, 0) is 60.8 Å². The highest BCUT2D eigenvalue weighted by Gasteiger charge is 2.49. The zero-order valence-corrected chi connectivity index (χ0v) is 83.4. The third kappa shape index (κ3) is 29.6. The van der Waals surface area contributed by atoms with Crippen molar-refractivity contribution in [2.45, 2.75) is 178 Å². The van der Waals surface area contributed by atoms with Gasteiger partial charge < -0.3 is 108 Å². The number of nitrogens with zero attached hydrogens (tertiary/aromatic N) is 11. The fourth-order valence-corrected chi connectivity index (χ4v) is 27.7. The molecule has 0 radical (unpaired) electrons. The second kappa shape index (κ2) is 48.2. The van der Waals surface area contributed by atoms with Crippen molar-refractivity contribution in [1.82, 2.24) is 58.6 Å². The number of rotatable bonds is 22. The zero-order valence-electron chi connectivity index (χ0n) is 70.7. The molecule has 3 aromatic carbocycles. The van der Waals surface area contributed by atoms with Gasteiger partial charge in [0.2, 0.25) is 21.1 Å². The summed E-state index contributed by atoms with van der Waals surface area (Å²) in [6.45, 7) is 15.1. The highest BCUT2D eigenvalue weighted by molar-refractivity contribution is 9.09. The largest absolute Gasteiger partial charge is 0.458 e. The molecule has 8 aromatic heterocycles. The van der Waals surface area contributed by atoms with E-state index >= 15 is 0 Å². The van der Waals surface area contributed by atoms with Crippen LogP contribution in [0.2, 0.25) is 31.4 Å². The van der Waals surface area contributed by atoms with E-state index in [1.54, 1.807) is 123 Å². The lowest BCUT2D eigenvalue weighted by molar-refractivity contribution is -0.153. The van der Waals surface area contributed by atoms with Gasteiger partial charge in [-0.15, -0.1) is 0 Å². The SMILES string of the molecule is CC[C@H]1OC(Br)[C@H](OC(C)=O)[C@@H]1C.CC[C@H]1O[C@@H](n2ccc3c(Cl)nc(Cl)nc32)[C@H](OC(C)=O)[C@@H]1C.C[C@H](N)c1ccccc1F.C[C@H](Nc1nc(Cl)nc2c1ccn2[C@@H]1O[C@H](CO)[C@@H](O)[C@H]1O)c1ccccc1F.C[C@H](Nc1nc(Cl)nc2c1ccn2[C@@H]1O[C@H](COP(=O)(O)CP(=O)(O)O)[C@@H](O)[C@H]1O)c1ccccc1F.Clc1nc(Cl)c2cc[nH]c2n1.O=P(Cl)(Cl)CP(=O)(Cl)Cl. The topological polar surface area (TPSA) is 513 Å². The summed E-state index contributed by atoms with van der Waals surface area (Å²) in [4.78, 5) is 85.3. The molecule has 0 amide bonds. The molecule has 54 heteroatoms. The fourth-order valence-electron chi connectivity index (χ4n) is 14.2. The van der Waals surface area contributed by atoms with Crippen molar-refractivity contribution >= 4 is 225 Å². The van der Waals surface area contributed by atoms with Gasteiger partial charge in [0, 0.05) is 73.2 Å². The third-order valence-electron chi connectivity index (χ3n) is 20.4. The summed E-state index contributed by atoms with van der Waals surface area (Å²) in [5.41, 5.74) is 8.70. The van der Waals surface area contributed by atoms with E-state index in [-0.39, 0.29) is 103 Å². The lowest BCUT2D eigenvalue weighted by atomic mass is 9.98. The number of aromatic nitrogens is 12. The molecule has 13 N–H and O–H groups in total. The number of carbonyl (C=O) groups excluding carboxylic acids is 2. The van der Waals surface area contributed by atoms with Crippen molar-refractivity contribution in [3.8, 4) is 0 Å². The summed E-state index contributed by atoms with van der Waals surface area (Å²) in [7, 11) is -9.55. The first kappa shape index (κ1) is 110. The molecular formula is C78H91BrCl10F3N15O21P4. The Hall–Kier alpha value is -5.79. The van der Waals surface area contributed by atoms with Crippen LogP contribution in [0.5, 0.6) is 0 Å². The van der Waals surface area contributed by atoms with E-state index in [9.17, 15) is 71.4 Å². The molecule has 722 valence electrons. The number of nitrogens with one attached hydrogen (secondary N) is 3. The van der Waals surface area contributed by atoms with Gasteiger partial charge in [0.25, 0.3) is 11.7 Å². The minimum atomic E-state index is -4.85. The number of halogens is 14. The molecule has 20 atom stereocenters. The molecule has 0 spiro atoms. The van der Waals surface area contributed by atoms with Crippen molar-refractivity contribution in [3.05, 3.63) is 187 Å². The number of hydrogen-bond donors (Lipinski definition) is 12. The number of aromatic amines is 1. The number of aliphatic hydroxyl groups is 5. The van der Waals surface area contributed by atoms with Gasteiger partial charge in [-0.3, -0.25) is 27.8 Å². The molecule has 0 bridgehead atoms. The molecule has 4 fully saturated rings. The zero-order chi connectivity index (χ0) is 97.7. The first-order chi connectivity index (χ1) is 61.8. The van der Waals surface area contributed by atoms with Crippen LogP contribution in [0.25, 0.3) is 44.1 Å². The van der Waals surface area contributed by atoms with Crippen LogP contribution in [0.15, 0.2) is 122 Å². The second-order valence-corrected chi connectivity index (χ2v) is 48.0. The third-order valence-corrected chi connectivity index (χ3v) is 32.3. The Morgan fingerprint density at radius 3 is 1.32 bits per heavy atom. The number of hydrogen-bond acceptors (Lipinski definition) is 29. The molecule has 0 saturated carbocycles. The summed E-state index contributed by atoms with van der Waals surface area (Å²) < 4.78 is 128. The molecule has 4 aliphatic heterocycles. The number of benzene rings is 3. The second-order valence-electron chi connectivity index (χ2n) is 30.0. The molecule has 36 nitrogen and oxygen atoms in total. The first-order valence-electron chi connectivity index (χ1n) is 39.7. The molecule has 132 heavy (non-hydrogen) atoms. The standard InChI is InChI=1S/C20H24ClFN4O9P2.C19H20ClFN4O4.C15H17Cl2N3O3.C9H15BrO3.C8H10FN.C6H3Cl2N3.CH2Cl4O2P2/c1-10(11-4-2-3-5-13(11)22)23-17-12-6-7-26(18(12)25-20(21)24-17)19-16(28)15(27)14(35-19)8-34-37(32,33)9-36(29,30)31;1-9(10-4-2-3-5-12(10)21)22-16-11-6-7-25(17(11)24-19(20)23-16)18-15(28)14(27)13(8-26)29-18;1-4-10-7(2)11(22-8(3)21)14(23-10)20-6-5-9-12(16)18-15(17)19-13(9)20;1-4-7-5(2)8(9(10)13-7)12-6(3)11;1-6(10)7-4-2-3-5-8(7)9;7-4-3-1-2-9-5(3)11-6(8)10-4;2-8(3,6)1-9(4,5)7/h2-7,10,14-16,19,27-28H,8-9H2,1H3,(H,32,33)(H,23,24,25)(H2,29,30,31);2-7,9,13-15,18,26-28H,8H2,1H3,(H,22,23,24);5-7,10-11,14H,4H2,1-3H3;5,7-9H,4H2,1-3H3;2-6H,10H2,1H3;1-2H,(H,9,10,11);1H2/t10-,14+,15+,16+,19+;9-,13+,14+,15+,18+;7-,10-,11-,14-;5-,7-,8-,9?;6-;;/m00110../s1. The van der Waals surface area contributed by atoms with Crippen LogP contribution >= 0.6 is 157 Å². The number of ether oxygens (including phenoxy) is 6. The van der Waals surface area contributed by atoms with Gasteiger partial charge >= 0.3 is 27.1 Å². The lowest BCUT2D eigenvalue weighted by Crippen LogP contribution is -2.33. The van der Waals surface area contributed by atoms with Crippen molar-refractivity contribution in [3.63, 3.8) is 0 Å². The van der Waals surface area contributed by atoms with Crippen molar-refractivity contribution < 1.29 is 114 Å². The Labute approximate surface area is 810 Å². The van der Waals surface area contributed by atoms with Gasteiger partial charge in [-0.25, -0.2) is 33.1 Å². The van der Waals surface area contributed by atoms with Gasteiger partial charge in [-0.1, -0.05) is 121 Å². The summed E-state index contributed by atoms with van der Waals surface area (Å²) in [5, 5.41) is 59.9. The Morgan fingerprint density at radius 1 is 0.523 bits per heavy atom. The van der Waals surface area contributed by atoms with Crippen molar-refractivity contribution in [2.24, 2.45) is 17.6 Å². The summed E-state index contributed by atoms with van der Waals surface area (Å²) in [6, 6.07) is 25.0. The summed E-state index contributed by atoms with van der Waals surface area (Å²) >= 11 is 58.9. The van der Waals surface area contributed by atoms with E-state index in [2.05, 4.69) is 78.3 Å². The minimum Gasteiger partial charge on any atom is -0.458 e. The molecular weight excluding hydrogens is 2100 g/mol. The van der Waals surface area contributed by atoms with E-state index in [0.29, 0.717) is 60.8 Å². The van der Waals surface area contributed by atoms with E-state index in [4.69, 9.17) is 163 Å².